The number of halogens is 4. The van der Waals surface area contributed by atoms with Crippen molar-refractivity contribution < 1.29 is 17.6 Å². The molecule has 2 aromatic rings. The van der Waals surface area contributed by atoms with Gasteiger partial charge in [-0.05, 0) is 54.4 Å². The number of hydrogen-bond donors (Lipinski definition) is 1. The maximum atomic E-state index is 14.9. The normalized spacial score (nSPS) is 12.4. The molecule has 0 unspecified atom stereocenters. The van der Waals surface area contributed by atoms with Crippen molar-refractivity contribution in [1.82, 2.24) is 0 Å². The van der Waals surface area contributed by atoms with E-state index in [2.05, 4.69) is 0 Å². The molecule has 2 rings (SSSR count). The molecule has 0 saturated heterocycles. The second-order valence-corrected chi connectivity index (χ2v) is 7.54. The van der Waals surface area contributed by atoms with Crippen LogP contribution in [0.2, 0.25) is 0 Å². The van der Waals surface area contributed by atoms with Crippen molar-refractivity contribution in [3.8, 4) is 0 Å². The predicted octanol–water partition coefficient (Wildman–Crippen LogP) is 6.00. The summed E-state index contributed by atoms with van der Waals surface area (Å²) < 4.78 is 54.8. The van der Waals surface area contributed by atoms with Crippen molar-refractivity contribution in [3.05, 3.63) is 70.9 Å². The summed E-state index contributed by atoms with van der Waals surface area (Å²) in [5.41, 5.74) is 6.12. The van der Waals surface area contributed by atoms with Gasteiger partial charge >= 0.3 is 6.18 Å². The fraction of sp³-hybridized carbons (Fsp3) is 0.381. The molecule has 0 aromatic heterocycles. The fourth-order valence-corrected chi connectivity index (χ4v) is 2.77. The van der Waals surface area contributed by atoms with E-state index in [0.717, 1.165) is 11.6 Å². The zero-order chi connectivity index (χ0) is 19.5. The molecule has 0 fully saturated rings. The van der Waals surface area contributed by atoms with Gasteiger partial charge in [-0.3, -0.25) is 0 Å². The second kappa shape index (κ2) is 7.68. The highest BCUT2D eigenvalue weighted by molar-refractivity contribution is 5.47. The van der Waals surface area contributed by atoms with Crippen LogP contribution < -0.4 is 5.73 Å². The van der Waals surface area contributed by atoms with Gasteiger partial charge in [0.2, 0.25) is 0 Å². The Morgan fingerprint density at radius 3 is 2.12 bits per heavy atom. The number of nitrogens with two attached hydrogens (primary N) is 1. The van der Waals surface area contributed by atoms with Crippen molar-refractivity contribution in [2.75, 3.05) is 5.73 Å². The standard InChI is InChI=1S/C21H24F4N/c1-20(2,3)13-12-16-17(21(23,24)25)11-10-15(19(16)22)9-8-14-6-4-5-7-18(14)26/h4-7,10-11,13H,8-9,12,26H2,1-3H3. The lowest BCUT2D eigenvalue weighted by Crippen LogP contribution is -2.16. The average molecular weight is 366 g/mol. The van der Waals surface area contributed by atoms with E-state index in [4.69, 9.17) is 5.73 Å². The molecule has 0 aliphatic heterocycles. The van der Waals surface area contributed by atoms with Gasteiger partial charge in [0.1, 0.15) is 5.82 Å². The van der Waals surface area contributed by atoms with Gasteiger partial charge in [-0.1, -0.05) is 45.0 Å². The second-order valence-electron chi connectivity index (χ2n) is 7.54. The van der Waals surface area contributed by atoms with Crippen molar-refractivity contribution in [3.63, 3.8) is 0 Å². The Morgan fingerprint density at radius 2 is 1.54 bits per heavy atom. The van der Waals surface area contributed by atoms with Crippen molar-refractivity contribution in [2.45, 2.75) is 46.2 Å². The monoisotopic (exact) mass is 366 g/mol. The number of hydrogen-bond acceptors (Lipinski definition) is 1. The Morgan fingerprint density at radius 1 is 0.923 bits per heavy atom. The molecule has 2 aromatic carbocycles. The van der Waals surface area contributed by atoms with E-state index < -0.39 is 17.6 Å². The Hall–Kier alpha value is -2.04. The minimum absolute atomic E-state index is 0.0640. The predicted molar refractivity (Wildman–Crippen MR) is 97.1 cm³/mol. The van der Waals surface area contributed by atoms with E-state index in [1.807, 2.05) is 32.9 Å². The highest BCUT2D eigenvalue weighted by Crippen LogP contribution is 2.36. The molecule has 0 heterocycles. The third-order valence-electron chi connectivity index (χ3n) is 4.27. The van der Waals surface area contributed by atoms with Crippen LogP contribution in [0.25, 0.3) is 0 Å². The molecule has 0 aliphatic rings. The van der Waals surface area contributed by atoms with Gasteiger partial charge < -0.3 is 5.73 Å². The van der Waals surface area contributed by atoms with Crippen LogP contribution in [0.5, 0.6) is 0 Å². The van der Waals surface area contributed by atoms with Crippen LogP contribution in [0.3, 0.4) is 0 Å². The first kappa shape index (κ1) is 20.3. The summed E-state index contributed by atoms with van der Waals surface area (Å²) in [7, 11) is 0. The Balaban J connectivity index is 2.32. The Bertz CT molecular complexity index is 758. The van der Waals surface area contributed by atoms with Crippen LogP contribution >= 0.6 is 0 Å². The minimum atomic E-state index is -4.58. The van der Waals surface area contributed by atoms with Crippen LogP contribution in [0.15, 0.2) is 36.4 Å². The first-order valence-corrected chi connectivity index (χ1v) is 8.54. The van der Waals surface area contributed by atoms with Gasteiger partial charge in [-0.15, -0.1) is 0 Å². The van der Waals surface area contributed by atoms with Gasteiger partial charge in [0.15, 0.2) is 0 Å². The molecule has 0 saturated carbocycles. The van der Waals surface area contributed by atoms with Crippen molar-refractivity contribution in [2.24, 2.45) is 5.41 Å². The molecule has 1 nitrogen and oxygen atoms in total. The first-order valence-electron chi connectivity index (χ1n) is 8.54. The number of aryl methyl sites for hydroxylation is 2. The van der Waals surface area contributed by atoms with E-state index in [1.165, 1.54) is 6.07 Å². The summed E-state index contributed by atoms with van der Waals surface area (Å²) in [5, 5.41) is 0. The topological polar surface area (TPSA) is 26.0 Å². The minimum Gasteiger partial charge on any atom is -0.399 e. The molecule has 141 valence electrons. The summed E-state index contributed by atoms with van der Waals surface area (Å²) in [6, 6.07) is 9.45. The number of alkyl halides is 3. The van der Waals surface area contributed by atoms with Crippen molar-refractivity contribution >= 4 is 5.69 Å². The van der Waals surface area contributed by atoms with E-state index >= 15 is 0 Å². The molecule has 5 heteroatoms. The third-order valence-corrected chi connectivity index (χ3v) is 4.27. The van der Waals surface area contributed by atoms with Crippen LogP contribution in [0.1, 0.15) is 43.0 Å². The maximum Gasteiger partial charge on any atom is 0.416 e. The summed E-state index contributed by atoms with van der Waals surface area (Å²) >= 11 is 0. The summed E-state index contributed by atoms with van der Waals surface area (Å²) in [5.74, 6) is -0.769. The zero-order valence-electron chi connectivity index (χ0n) is 15.3. The smallest absolute Gasteiger partial charge is 0.399 e. The zero-order valence-corrected chi connectivity index (χ0v) is 15.3. The molecular weight excluding hydrogens is 342 g/mol. The first-order chi connectivity index (χ1) is 12.0. The van der Waals surface area contributed by atoms with E-state index in [9.17, 15) is 17.6 Å². The van der Waals surface area contributed by atoms with Gasteiger partial charge in [0.25, 0.3) is 0 Å². The largest absolute Gasteiger partial charge is 0.416 e. The molecule has 0 spiro atoms. The van der Waals surface area contributed by atoms with Crippen LogP contribution in [0.4, 0.5) is 23.2 Å². The SMILES string of the molecule is CC(C)(C)[CH]Cc1c(C(F)(F)F)ccc(CCc2ccccc2N)c1F. The van der Waals surface area contributed by atoms with Crippen molar-refractivity contribution in [1.29, 1.82) is 0 Å². The van der Waals surface area contributed by atoms with Gasteiger partial charge in [0, 0.05) is 11.3 Å². The molecule has 1 radical (unpaired) electrons. The fourth-order valence-electron chi connectivity index (χ4n) is 2.77. The van der Waals surface area contributed by atoms with Gasteiger partial charge in [-0.25, -0.2) is 4.39 Å². The summed E-state index contributed by atoms with van der Waals surface area (Å²) in [6.07, 6.45) is -2.17. The number of anilines is 1. The quantitative estimate of drug-likeness (QED) is 0.509. The number of rotatable bonds is 5. The average Bonchev–Trinajstić information content (AvgIpc) is 2.52. The van der Waals surface area contributed by atoms with Crippen LogP contribution in [-0.4, -0.2) is 0 Å². The molecule has 26 heavy (non-hydrogen) atoms. The highest BCUT2D eigenvalue weighted by atomic mass is 19.4. The number of nitrogen functional groups attached to an aromatic ring is 1. The van der Waals surface area contributed by atoms with Crippen LogP contribution in [0, 0.1) is 17.7 Å². The molecule has 0 amide bonds. The van der Waals surface area contributed by atoms with E-state index in [-0.39, 0.29) is 23.0 Å². The third kappa shape index (κ3) is 5.23. The summed E-state index contributed by atoms with van der Waals surface area (Å²) in [4.78, 5) is 0. The highest BCUT2D eigenvalue weighted by Gasteiger charge is 2.35. The van der Waals surface area contributed by atoms with Crippen LogP contribution in [-0.2, 0) is 25.4 Å². The van der Waals surface area contributed by atoms with Gasteiger partial charge in [-0.2, -0.15) is 13.2 Å². The lowest BCUT2D eigenvalue weighted by molar-refractivity contribution is -0.138. The van der Waals surface area contributed by atoms with E-state index in [1.54, 1.807) is 18.6 Å². The van der Waals surface area contributed by atoms with Gasteiger partial charge in [0.05, 0.1) is 5.56 Å². The lowest BCUT2D eigenvalue weighted by Gasteiger charge is -2.21. The maximum absolute atomic E-state index is 14.9. The summed E-state index contributed by atoms with van der Waals surface area (Å²) in [6.45, 7) is 5.63. The van der Waals surface area contributed by atoms with E-state index in [0.29, 0.717) is 18.5 Å². The Kier molecular flexibility index (Phi) is 5.99. The molecule has 0 bridgehead atoms. The number of para-hydroxylation sites is 1. The molecule has 0 aliphatic carbocycles. The molecule has 0 atom stereocenters. The Labute approximate surface area is 152 Å². The lowest BCUT2D eigenvalue weighted by atomic mass is 9.86. The molecular formula is C21H24F4N. The molecule has 2 N–H and O–H groups in total. The number of benzene rings is 2.